The maximum Gasteiger partial charge on any atom is 0.270 e. The van der Waals surface area contributed by atoms with Crippen molar-refractivity contribution in [1.82, 2.24) is 4.90 Å². The lowest BCUT2D eigenvalue weighted by molar-refractivity contribution is -0.385. The third kappa shape index (κ3) is 3.63. The summed E-state index contributed by atoms with van der Waals surface area (Å²) in [5.41, 5.74) is 1.42. The summed E-state index contributed by atoms with van der Waals surface area (Å²) < 4.78 is 16.8. The first kappa shape index (κ1) is 16.2. The molecule has 1 aromatic rings. The van der Waals surface area contributed by atoms with Crippen LogP contribution in [-0.2, 0) is 22.6 Å². The van der Waals surface area contributed by atoms with Crippen molar-refractivity contribution in [1.29, 1.82) is 0 Å². The molecule has 2 heterocycles. The minimum atomic E-state index is -0.371. The van der Waals surface area contributed by atoms with Crippen molar-refractivity contribution < 1.29 is 19.1 Å². The summed E-state index contributed by atoms with van der Waals surface area (Å²) in [6.45, 7) is 8.84. The topological polar surface area (TPSA) is 74.1 Å². The van der Waals surface area contributed by atoms with E-state index in [-0.39, 0.29) is 29.1 Å². The number of fused-ring (bicyclic) bond motifs is 1. The number of benzene rings is 1. The summed E-state index contributed by atoms with van der Waals surface area (Å²) in [5.74, 6) is 0.721. The molecule has 1 aromatic carbocycles. The van der Waals surface area contributed by atoms with Gasteiger partial charge in [0.1, 0.15) is 5.75 Å². The quantitative estimate of drug-likeness (QED) is 0.628. The first-order chi connectivity index (χ1) is 10.8. The highest BCUT2D eigenvalue weighted by atomic mass is 16.7. The van der Waals surface area contributed by atoms with E-state index in [0.717, 1.165) is 30.0 Å². The van der Waals surface area contributed by atoms with Gasteiger partial charge in [0.2, 0.25) is 0 Å². The van der Waals surface area contributed by atoms with Gasteiger partial charge >= 0.3 is 0 Å². The van der Waals surface area contributed by atoms with Gasteiger partial charge in [-0.3, -0.25) is 15.0 Å². The fourth-order valence-electron chi connectivity index (χ4n) is 3.45. The van der Waals surface area contributed by atoms with Gasteiger partial charge in [-0.25, -0.2) is 0 Å². The number of nitrogens with zero attached hydrogens (tertiary/aromatic N) is 2. The molecule has 0 aliphatic carbocycles. The smallest absolute Gasteiger partial charge is 0.270 e. The Morgan fingerprint density at radius 2 is 2.22 bits per heavy atom. The van der Waals surface area contributed by atoms with Crippen LogP contribution in [0.15, 0.2) is 12.1 Å². The van der Waals surface area contributed by atoms with Crippen LogP contribution in [0.1, 0.15) is 31.9 Å². The zero-order valence-corrected chi connectivity index (χ0v) is 13.7. The first-order valence-electron chi connectivity index (χ1n) is 7.75. The predicted octanol–water partition coefficient (Wildman–Crippen LogP) is 2.46. The minimum Gasteiger partial charge on any atom is -0.467 e. The zero-order chi connectivity index (χ0) is 16.6. The SMILES string of the molecule is CC1CN(Cc2cc([N+](=O)[O-])cc3c2OCOC3)CC(C)(C)O1. The zero-order valence-electron chi connectivity index (χ0n) is 13.7. The second-order valence-electron chi connectivity index (χ2n) is 6.82. The molecule has 2 aliphatic rings. The van der Waals surface area contributed by atoms with Crippen LogP contribution < -0.4 is 4.74 Å². The van der Waals surface area contributed by atoms with Crippen LogP contribution in [0.25, 0.3) is 0 Å². The average molecular weight is 322 g/mol. The van der Waals surface area contributed by atoms with E-state index in [0.29, 0.717) is 13.2 Å². The van der Waals surface area contributed by atoms with E-state index in [2.05, 4.69) is 18.7 Å². The summed E-state index contributed by atoms with van der Waals surface area (Å²) in [6.07, 6.45) is 0.123. The fraction of sp³-hybridized carbons (Fsp3) is 0.625. The lowest BCUT2D eigenvalue weighted by Crippen LogP contribution is -2.51. The summed E-state index contributed by atoms with van der Waals surface area (Å²) in [4.78, 5) is 13.1. The Morgan fingerprint density at radius 3 is 2.91 bits per heavy atom. The Bertz CT molecular complexity index is 617. The molecule has 0 aromatic heterocycles. The number of rotatable bonds is 3. The Morgan fingerprint density at radius 1 is 1.43 bits per heavy atom. The van der Waals surface area contributed by atoms with E-state index in [9.17, 15) is 10.1 Å². The molecule has 0 radical (unpaired) electrons. The van der Waals surface area contributed by atoms with E-state index >= 15 is 0 Å². The summed E-state index contributed by atoms with van der Waals surface area (Å²) >= 11 is 0. The lowest BCUT2D eigenvalue weighted by Gasteiger charge is -2.42. The van der Waals surface area contributed by atoms with Crippen molar-refractivity contribution in [3.05, 3.63) is 33.4 Å². The third-order valence-corrected chi connectivity index (χ3v) is 4.02. The van der Waals surface area contributed by atoms with Crippen LogP contribution in [0.2, 0.25) is 0 Å². The van der Waals surface area contributed by atoms with Crippen LogP contribution in [-0.4, -0.2) is 41.4 Å². The highest BCUT2D eigenvalue weighted by Gasteiger charge is 2.32. The molecule has 1 fully saturated rings. The molecular weight excluding hydrogens is 300 g/mol. The van der Waals surface area contributed by atoms with Gasteiger partial charge in [0, 0.05) is 42.9 Å². The molecule has 7 heteroatoms. The fourth-order valence-corrected chi connectivity index (χ4v) is 3.45. The largest absolute Gasteiger partial charge is 0.467 e. The van der Waals surface area contributed by atoms with Crippen molar-refractivity contribution in [3.8, 4) is 5.75 Å². The molecule has 7 nitrogen and oxygen atoms in total. The van der Waals surface area contributed by atoms with Crippen molar-refractivity contribution in [2.45, 2.75) is 45.6 Å². The Kier molecular flexibility index (Phi) is 4.27. The van der Waals surface area contributed by atoms with Crippen molar-refractivity contribution in [2.75, 3.05) is 19.9 Å². The maximum absolute atomic E-state index is 11.2. The molecule has 23 heavy (non-hydrogen) atoms. The average Bonchev–Trinajstić information content (AvgIpc) is 2.44. The minimum absolute atomic E-state index is 0.0772. The standard InChI is InChI=1S/C16H22N2O5/c1-11-6-17(9-16(2,3)23-11)7-12-4-14(18(19)20)5-13-8-21-10-22-15(12)13/h4-5,11H,6-10H2,1-3H3. The van der Waals surface area contributed by atoms with Gasteiger partial charge in [-0.1, -0.05) is 0 Å². The second-order valence-corrected chi connectivity index (χ2v) is 6.82. The molecule has 0 saturated carbocycles. The molecule has 1 unspecified atom stereocenters. The van der Waals surface area contributed by atoms with Gasteiger partial charge in [0.15, 0.2) is 6.79 Å². The van der Waals surface area contributed by atoms with Crippen LogP contribution >= 0.6 is 0 Å². The molecule has 0 spiro atoms. The van der Waals surface area contributed by atoms with Gasteiger partial charge in [-0.05, 0) is 20.8 Å². The molecule has 1 saturated heterocycles. The number of nitro groups is 1. The Hall–Kier alpha value is -1.70. The van der Waals surface area contributed by atoms with Crippen LogP contribution in [0.4, 0.5) is 5.69 Å². The number of hydrogen-bond donors (Lipinski definition) is 0. The Labute approximate surface area is 135 Å². The number of morpholine rings is 1. The molecule has 2 aliphatic heterocycles. The van der Waals surface area contributed by atoms with Crippen LogP contribution in [0.5, 0.6) is 5.75 Å². The molecule has 126 valence electrons. The molecule has 0 amide bonds. The number of hydrogen-bond acceptors (Lipinski definition) is 6. The molecule has 0 N–H and O–H groups in total. The summed E-state index contributed by atoms with van der Waals surface area (Å²) in [7, 11) is 0. The van der Waals surface area contributed by atoms with Gasteiger partial charge in [-0.15, -0.1) is 0 Å². The predicted molar refractivity (Wildman–Crippen MR) is 83.3 cm³/mol. The monoisotopic (exact) mass is 322 g/mol. The maximum atomic E-state index is 11.2. The van der Waals surface area contributed by atoms with E-state index < -0.39 is 0 Å². The number of nitro benzene ring substituents is 1. The molecular formula is C16H22N2O5. The van der Waals surface area contributed by atoms with E-state index in [4.69, 9.17) is 14.2 Å². The normalized spacial score (nSPS) is 23.9. The van der Waals surface area contributed by atoms with E-state index in [1.54, 1.807) is 6.07 Å². The van der Waals surface area contributed by atoms with Gasteiger partial charge in [0.25, 0.3) is 5.69 Å². The Balaban J connectivity index is 1.89. The van der Waals surface area contributed by atoms with Gasteiger partial charge < -0.3 is 14.2 Å². The summed E-state index contributed by atoms with van der Waals surface area (Å²) in [5, 5.41) is 11.2. The molecule has 3 rings (SSSR count). The molecule has 1 atom stereocenters. The first-order valence-corrected chi connectivity index (χ1v) is 7.75. The highest BCUT2D eigenvalue weighted by Crippen LogP contribution is 2.34. The highest BCUT2D eigenvalue weighted by molar-refractivity contribution is 5.50. The summed E-state index contributed by atoms with van der Waals surface area (Å²) in [6, 6.07) is 3.14. The van der Waals surface area contributed by atoms with Gasteiger partial charge in [-0.2, -0.15) is 0 Å². The van der Waals surface area contributed by atoms with Crippen LogP contribution in [0, 0.1) is 10.1 Å². The molecule has 0 bridgehead atoms. The van der Waals surface area contributed by atoms with E-state index in [1.807, 2.05) is 6.92 Å². The third-order valence-electron chi connectivity index (χ3n) is 4.02. The van der Waals surface area contributed by atoms with Crippen molar-refractivity contribution >= 4 is 5.69 Å². The van der Waals surface area contributed by atoms with Gasteiger partial charge in [0.05, 0.1) is 23.2 Å². The lowest BCUT2D eigenvalue weighted by atomic mass is 10.0. The second kappa shape index (κ2) is 6.07. The van der Waals surface area contributed by atoms with Crippen molar-refractivity contribution in [2.24, 2.45) is 0 Å². The number of non-ortho nitro benzene ring substituents is 1. The van der Waals surface area contributed by atoms with Crippen molar-refractivity contribution in [3.63, 3.8) is 0 Å². The number of ether oxygens (including phenoxy) is 3. The van der Waals surface area contributed by atoms with Crippen LogP contribution in [0.3, 0.4) is 0 Å². The van der Waals surface area contributed by atoms with E-state index in [1.165, 1.54) is 6.07 Å².